The Balaban J connectivity index is 2.44. The molecule has 1 aromatic rings. The van der Waals surface area contributed by atoms with Gasteiger partial charge in [0.2, 0.25) is 0 Å². The molecular weight excluding hydrogens is 280 g/mol. The van der Waals surface area contributed by atoms with Gasteiger partial charge in [-0.15, -0.1) is 0 Å². The van der Waals surface area contributed by atoms with Crippen LogP contribution in [0, 0.1) is 0 Å². The van der Waals surface area contributed by atoms with Gasteiger partial charge in [0.25, 0.3) is 0 Å². The predicted molar refractivity (Wildman–Crippen MR) is 88.2 cm³/mol. The van der Waals surface area contributed by atoms with Gasteiger partial charge < -0.3 is 19.5 Å². The fourth-order valence-corrected chi connectivity index (χ4v) is 3.14. The molecule has 1 heterocycles. The molecule has 1 aromatic carbocycles. The van der Waals surface area contributed by atoms with Crippen molar-refractivity contribution in [3.8, 4) is 17.2 Å². The summed E-state index contributed by atoms with van der Waals surface area (Å²) in [4.78, 5) is 2.52. The highest BCUT2D eigenvalue weighted by Gasteiger charge is 2.28. The van der Waals surface area contributed by atoms with E-state index in [2.05, 4.69) is 17.1 Å². The van der Waals surface area contributed by atoms with Gasteiger partial charge >= 0.3 is 0 Å². The van der Waals surface area contributed by atoms with Gasteiger partial charge in [0.15, 0.2) is 0 Å². The van der Waals surface area contributed by atoms with Crippen LogP contribution in [-0.2, 0) is 0 Å². The smallest absolute Gasteiger partial charge is 0.131 e. The van der Waals surface area contributed by atoms with Crippen LogP contribution >= 0.6 is 0 Å². The molecule has 22 heavy (non-hydrogen) atoms. The number of nitrogens with one attached hydrogen (secondary N) is 1. The molecule has 0 unspecified atom stereocenters. The first-order valence-electron chi connectivity index (χ1n) is 7.99. The summed E-state index contributed by atoms with van der Waals surface area (Å²) in [5.41, 5.74) is 1.13. The van der Waals surface area contributed by atoms with E-state index in [1.165, 1.54) is 0 Å². The van der Waals surface area contributed by atoms with Gasteiger partial charge in [0.1, 0.15) is 17.2 Å². The average Bonchev–Trinajstić information content (AvgIpc) is 2.59. The van der Waals surface area contributed by atoms with E-state index in [1.54, 1.807) is 21.3 Å². The van der Waals surface area contributed by atoms with Crippen molar-refractivity contribution >= 4 is 0 Å². The third-order valence-corrected chi connectivity index (χ3v) is 4.24. The van der Waals surface area contributed by atoms with Gasteiger partial charge in [-0.3, -0.25) is 4.90 Å². The zero-order valence-electron chi connectivity index (χ0n) is 14.1. The van der Waals surface area contributed by atoms with Crippen LogP contribution in [0.25, 0.3) is 0 Å². The largest absolute Gasteiger partial charge is 0.496 e. The lowest BCUT2D eigenvalue weighted by atomic mass is 9.97. The number of ether oxygens (including phenoxy) is 3. The van der Waals surface area contributed by atoms with Crippen molar-refractivity contribution in [1.82, 2.24) is 10.2 Å². The van der Waals surface area contributed by atoms with Crippen LogP contribution in [0.4, 0.5) is 0 Å². The van der Waals surface area contributed by atoms with E-state index in [9.17, 15) is 0 Å². The Labute approximate surface area is 133 Å². The lowest BCUT2D eigenvalue weighted by Crippen LogP contribution is -2.45. The number of piperazine rings is 1. The fraction of sp³-hybridized carbons (Fsp3) is 0.647. The van der Waals surface area contributed by atoms with Gasteiger partial charge in [0.05, 0.1) is 26.9 Å². The molecule has 5 heteroatoms. The molecule has 2 rings (SSSR count). The molecule has 1 N–H and O–H groups in total. The summed E-state index contributed by atoms with van der Waals surface area (Å²) in [6.07, 6.45) is 2.20. The molecule has 0 aromatic heterocycles. The molecule has 5 nitrogen and oxygen atoms in total. The summed E-state index contributed by atoms with van der Waals surface area (Å²) in [5, 5.41) is 3.41. The first-order chi connectivity index (χ1) is 10.7. The number of nitrogens with zero attached hydrogens (tertiary/aromatic N) is 1. The summed E-state index contributed by atoms with van der Waals surface area (Å²) in [5.74, 6) is 2.44. The molecule has 1 aliphatic heterocycles. The Morgan fingerprint density at radius 1 is 1.05 bits per heavy atom. The minimum absolute atomic E-state index is 0.308. The van der Waals surface area contributed by atoms with E-state index >= 15 is 0 Å². The molecule has 0 aliphatic carbocycles. The highest BCUT2D eigenvalue weighted by Crippen LogP contribution is 2.42. The van der Waals surface area contributed by atoms with E-state index in [0.717, 1.165) is 61.8 Å². The summed E-state index contributed by atoms with van der Waals surface area (Å²) in [7, 11) is 5.07. The van der Waals surface area contributed by atoms with Crippen LogP contribution in [0.5, 0.6) is 17.2 Å². The summed E-state index contributed by atoms with van der Waals surface area (Å²) in [6, 6.07) is 4.20. The minimum atomic E-state index is 0.308. The third-order valence-electron chi connectivity index (χ3n) is 4.24. The quantitative estimate of drug-likeness (QED) is 0.838. The van der Waals surface area contributed by atoms with Crippen molar-refractivity contribution in [3.63, 3.8) is 0 Å². The maximum Gasteiger partial charge on any atom is 0.131 e. The lowest BCUT2D eigenvalue weighted by Gasteiger charge is -2.36. The van der Waals surface area contributed by atoms with Gasteiger partial charge in [-0.05, 0) is 6.42 Å². The molecule has 0 saturated carbocycles. The Morgan fingerprint density at radius 2 is 1.64 bits per heavy atom. The van der Waals surface area contributed by atoms with E-state index in [-0.39, 0.29) is 0 Å². The average molecular weight is 308 g/mol. The molecule has 0 amide bonds. The number of benzene rings is 1. The van der Waals surface area contributed by atoms with Crippen molar-refractivity contribution in [2.24, 2.45) is 0 Å². The molecule has 0 radical (unpaired) electrons. The van der Waals surface area contributed by atoms with E-state index in [0.29, 0.717) is 6.04 Å². The van der Waals surface area contributed by atoms with Gasteiger partial charge in [-0.1, -0.05) is 13.3 Å². The van der Waals surface area contributed by atoms with Gasteiger partial charge in [-0.2, -0.15) is 0 Å². The first kappa shape index (κ1) is 16.9. The summed E-state index contributed by atoms with van der Waals surface area (Å²) >= 11 is 0. The Hall–Kier alpha value is -1.46. The Bertz CT molecular complexity index is 448. The Kier molecular flexibility index (Phi) is 6.34. The van der Waals surface area contributed by atoms with Crippen LogP contribution < -0.4 is 19.5 Å². The predicted octanol–water partition coefficient (Wildman–Crippen LogP) is 2.46. The molecule has 1 fully saturated rings. The zero-order valence-corrected chi connectivity index (χ0v) is 14.1. The standard InChI is InChI=1S/C17H28N2O3/c1-5-6-14(19-9-7-18-8-10-19)17-15(21-3)11-13(20-2)12-16(17)22-4/h11-12,14,18H,5-10H2,1-4H3/t14-/m0/s1. The maximum absolute atomic E-state index is 5.65. The highest BCUT2D eigenvalue weighted by atomic mass is 16.5. The third kappa shape index (κ3) is 3.65. The normalized spacial score (nSPS) is 17.1. The number of rotatable bonds is 7. The first-order valence-corrected chi connectivity index (χ1v) is 7.99. The van der Waals surface area contributed by atoms with Gasteiger partial charge in [-0.25, -0.2) is 0 Å². The van der Waals surface area contributed by atoms with Crippen LogP contribution in [-0.4, -0.2) is 52.4 Å². The zero-order chi connectivity index (χ0) is 15.9. The topological polar surface area (TPSA) is 43.0 Å². The number of methoxy groups -OCH3 is 3. The maximum atomic E-state index is 5.65. The lowest BCUT2D eigenvalue weighted by molar-refractivity contribution is 0.158. The molecule has 0 spiro atoms. The van der Waals surface area contributed by atoms with Crippen LogP contribution in [0.3, 0.4) is 0 Å². The van der Waals surface area contributed by atoms with Crippen molar-refractivity contribution in [1.29, 1.82) is 0 Å². The second kappa shape index (κ2) is 8.25. The molecule has 124 valence electrons. The van der Waals surface area contributed by atoms with Crippen LogP contribution in [0.15, 0.2) is 12.1 Å². The van der Waals surface area contributed by atoms with Crippen molar-refractivity contribution < 1.29 is 14.2 Å². The van der Waals surface area contributed by atoms with Crippen molar-refractivity contribution in [3.05, 3.63) is 17.7 Å². The molecule has 1 atom stereocenters. The second-order valence-electron chi connectivity index (χ2n) is 5.54. The summed E-state index contributed by atoms with van der Waals surface area (Å²) < 4.78 is 16.6. The molecule has 1 saturated heterocycles. The van der Waals surface area contributed by atoms with Crippen molar-refractivity contribution in [2.45, 2.75) is 25.8 Å². The SMILES string of the molecule is CCC[C@@H](c1c(OC)cc(OC)cc1OC)N1CCNCC1. The monoisotopic (exact) mass is 308 g/mol. The molecule has 0 bridgehead atoms. The number of hydrogen-bond acceptors (Lipinski definition) is 5. The van der Waals surface area contributed by atoms with Crippen molar-refractivity contribution in [2.75, 3.05) is 47.5 Å². The van der Waals surface area contributed by atoms with E-state index in [4.69, 9.17) is 14.2 Å². The molecular formula is C17H28N2O3. The highest BCUT2D eigenvalue weighted by molar-refractivity contribution is 5.52. The fourth-order valence-electron chi connectivity index (χ4n) is 3.14. The van der Waals surface area contributed by atoms with Crippen LogP contribution in [0.1, 0.15) is 31.4 Å². The summed E-state index contributed by atoms with van der Waals surface area (Å²) in [6.45, 7) is 6.37. The molecule has 1 aliphatic rings. The minimum Gasteiger partial charge on any atom is -0.496 e. The van der Waals surface area contributed by atoms with Crippen LogP contribution in [0.2, 0.25) is 0 Å². The second-order valence-corrected chi connectivity index (χ2v) is 5.54. The number of hydrogen-bond donors (Lipinski definition) is 1. The van der Waals surface area contributed by atoms with E-state index < -0.39 is 0 Å². The Morgan fingerprint density at radius 3 is 2.09 bits per heavy atom. The van der Waals surface area contributed by atoms with E-state index in [1.807, 2.05) is 12.1 Å². The van der Waals surface area contributed by atoms with Gasteiger partial charge in [0, 0.05) is 44.4 Å².